The summed E-state index contributed by atoms with van der Waals surface area (Å²) in [5.74, 6) is -3.76. The Bertz CT molecular complexity index is 813. The summed E-state index contributed by atoms with van der Waals surface area (Å²) in [7, 11) is 0. The molecule has 0 spiro atoms. The van der Waals surface area contributed by atoms with Crippen molar-refractivity contribution in [3.8, 4) is 0 Å². The first-order valence-corrected chi connectivity index (χ1v) is 9.93. The van der Waals surface area contributed by atoms with Gasteiger partial charge in [-0.3, -0.25) is 9.59 Å². The molecule has 3 aliphatic rings. The number of hydrogen-bond donors (Lipinski definition) is 2. The van der Waals surface area contributed by atoms with Crippen LogP contribution in [0.2, 0.25) is 0 Å². The van der Waals surface area contributed by atoms with Crippen molar-refractivity contribution in [3.63, 3.8) is 0 Å². The Hall–Kier alpha value is -2.15. The number of carbonyl (C=O) groups excluding carboxylic acids is 3. The average molecular weight is 373 g/mol. The first-order valence-electron chi connectivity index (χ1n) is 9.11. The van der Waals surface area contributed by atoms with Crippen LogP contribution in [0.15, 0.2) is 12.2 Å². The number of aliphatic carboxylic acids is 1. The number of anilines is 1. The third kappa shape index (κ3) is 2.74. The number of allylic oxidation sites excluding steroid dienone is 2. The Balaban J connectivity index is 1.63. The van der Waals surface area contributed by atoms with Crippen LogP contribution in [-0.4, -0.2) is 17.8 Å². The Morgan fingerprint density at radius 3 is 2.46 bits per heavy atom. The van der Waals surface area contributed by atoms with Crippen LogP contribution >= 0.6 is 11.3 Å². The topological polar surface area (TPSA) is 112 Å². The number of carboxylic acid groups (broad SMARTS) is 1. The van der Waals surface area contributed by atoms with Gasteiger partial charge in [-0.25, -0.2) is 0 Å². The van der Waals surface area contributed by atoms with Gasteiger partial charge >= 0.3 is 0 Å². The fourth-order valence-corrected chi connectivity index (χ4v) is 6.09. The van der Waals surface area contributed by atoms with Crippen molar-refractivity contribution >= 4 is 34.1 Å². The van der Waals surface area contributed by atoms with Crippen molar-refractivity contribution < 1.29 is 19.5 Å². The van der Waals surface area contributed by atoms with Crippen LogP contribution < -0.4 is 16.2 Å². The average Bonchev–Trinajstić information content (AvgIpc) is 3.23. The van der Waals surface area contributed by atoms with E-state index in [1.165, 1.54) is 11.3 Å². The third-order valence-corrected chi connectivity index (χ3v) is 7.15. The number of aryl methyl sites for hydroxylation is 1. The lowest BCUT2D eigenvalue weighted by atomic mass is 9.82. The molecule has 1 fully saturated rings. The molecule has 0 aromatic carbocycles. The highest BCUT2D eigenvalue weighted by atomic mass is 32.1. The number of hydrogen-bond acceptors (Lipinski definition) is 5. The van der Waals surface area contributed by atoms with E-state index in [0.29, 0.717) is 17.0 Å². The summed E-state index contributed by atoms with van der Waals surface area (Å²) in [5, 5.41) is 14.8. The summed E-state index contributed by atoms with van der Waals surface area (Å²) in [4.78, 5) is 37.6. The van der Waals surface area contributed by atoms with Crippen molar-refractivity contribution in [1.82, 2.24) is 0 Å². The predicted molar refractivity (Wildman–Crippen MR) is 95.4 cm³/mol. The lowest BCUT2D eigenvalue weighted by Gasteiger charge is -2.27. The van der Waals surface area contributed by atoms with E-state index < -0.39 is 23.7 Å². The van der Waals surface area contributed by atoms with Crippen molar-refractivity contribution in [2.24, 2.45) is 29.4 Å². The van der Waals surface area contributed by atoms with Crippen LogP contribution in [0.25, 0.3) is 0 Å². The van der Waals surface area contributed by atoms with E-state index in [9.17, 15) is 19.5 Å². The molecule has 6 nitrogen and oxygen atoms in total. The van der Waals surface area contributed by atoms with E-state index in [2.05, 4.69) is 5.32 Å². The number of nitrogens with two attached hydrogens (primary N) is 1. The second-order valence-corrected chi connectivity index (χ2v) is 8.55. The molecule has 0 unspecified atom stereocenters. The zero-order chi connectivity index (χ0) is 18.4. The van der Waals surface area contributed by atoms with E-state index in [-0.39, 0.29) is 17.7 Å². The summed E-state index contributed by atoms with van der Waals surface area (Å²) in [6.07, 6.45) is 9.31. The molecule has 4 rings (SSSR count). The number of fused-ring (bicyclic) bond motifs is 3. The molecule has 0 radical (unpaired) electrons. The highest BCUT2D eigenvalue weighted by Gasteiger charge is 2.49. The molecule has 3 N–H and O–H groups in total. The maximum atomic E-state index is 12.9. The first kappa shape index (κ1) is 17.3. The smallest absolute Gasteiger partial charge is 0.251 e. The van der Waals surface area contributed by atoms with E-state index >= 15 is 0 Å². The zero-order valence-corrected chi connectivity index (χ0v) is 15.1. The molecule has 2 bridgehead atoms. The van der Waals surface area contributed by atoms with Crippen molar-refractivity contribution in [1.29, 1.82) is 0 Å². The fraction of sp³-hybridized carbons (Fsp3) is 0.526. The number of amides is 2. The van der Waals surface area contributed by atoms with Crippen LogP contribution in [0.1, 0.15) is 46.5 Å². The summed E-state index contributed by atoms with van der Waals surface area (Å²) in [6.45, 7) is 0. The second kappa shape index (κ2) is 6.54. The normalized spacial score (nSPS) is 29.2. The lowest BCUT2D eigenvalue weighted by Crippen LogP contribution is -2.43. The molecule has 3 aliphatic carbocycles. The number of rotatable bonds is 4. The molecular weight excluding hydrogens is 352 g/mol. The highest BCUT2D eigenvalue weighted by Crippen LogP contribution is 2.48. The molecule has 2 amide bonds. The van der Waals surface area contributed by atoms with Crippen LogP contribution in [0.5, 0.6) is 0 Å². The van der Waals surface area contributed by atoms with Crippen molar-refractivity contribution in [2.75, 3.05) is 5.32 Å². The molecular formula is C19H21N2O4S-. The third-order valence-electron chi connectivity index (χ3n) is 5.94. The SMILES string of the molecule is NC(=O)c1c(NC(=O)[C@@H]2[C@@H](C(=O)[O-])[C@H]3C=C[C@@H]2C3)sc2c1CCCCC2. The van der Waals surface area contributed by atoms with E-state index in [4.69, 9.17) is 5.73 Å². The Morgan fingerprint density at radius 1 is 1.08 bits per heavy atom. The molecule has 1 aromatic rings. The van der Waals surface area contributed by atoms with Gasteiger partial charge in [0.2, 0.25) is 5.91 Å². The van der Waals surface area contributed by atoms with Crippen LogP contribution in [0.3, 0.4) is 0 Å². The number of carbonyl (C=O) groups is 3. The molecule has 1 saturated carbocycles. The monoisotopic (exact) mass is 373 g/mol. The van der Waals surface area contributed by atoms with Crippen molar-refractivity contribution in [2.45, 2.75) is 38.5 Å². The highest BCUT2D eigenvalue weighted by molar-refractivity contribution is 7.17. The molecule has 7 heteroatoms. The van der Waals surface area contributed by atoms with Gasteiger partial charge in [0.15, 0.2) is 0 Å². The molecule has 0 saturated heterocycles. The number of carboxylic acids is 1. The number of nitrogens with one attached hydrogen (secondary N) is 1. The quantitative estimate of drug-likeness (QED) is 0.611. The molecule has 1 heterocycles. The van der Waals surface area contributed by atoms with E-state index in [1.54, 1.807) is 0 Å². The maximum absolute atomic E-state index is 12.9. The Kier molecular flexibility index (Phi) is 4.34. The second-order valence-electron chi connectivity index (χ2n) is 7.44. The van der Waals surface area contributed by atoms with Gasteiger partial charge in [-0.15, -0.1) is 11.3 Å². The standard InChI is InChI=1S/C19H22N2O4S/c20-16(22)15-11-4-2-1-3-5-12(11)26-18(15)21-17(23)13-9-6-7-10(8-9)14(13)19(24)25/h6-7,9-10,13-14H,1-5,8H2,(H2,20,22)(H,21,23)(H,24,25)/p-1/t9-,10+,13+,14+/m1/s1. The minimum absolute atomic E-state index is 0.0854. The maximum Gasteiger partial charge on any atom is 0.251 e. The van der Waals surface area contributed by atoms with E-state index in [1.807, 2.05) is 12.2 Å². The minimum Gasteiger partial charge on any atom is -0.550 e. The largest absolute Gasteiger partial charge is 0.550 e. The first-order chi connectivity index (χ1) is 12.5. The van der Waals surface area contributed by atoms with Gasteiger partial charge in [-0.2, -0.15) is 0 Å². The van der Waals surface area contributed by atoms with Crippen molar-refractivity contribution in [3.05, 3.63) is 28.2 Å². The Labute approximate surface area is 155 Å². The number of thiophene rings is 1. The lowest BCUT2D eigenvalue weighted by molar-refractivity contribution is -0.313. The Morgan fingerprint density at radius 2 is 1.77 bits per heavy atom. The molecule has 4 atom stereocenters. The zero-order valence-electron chi connectivity index (χ0n) is 14.3. The van der Waals surface area contributed by atoms with Crippen LogP contribution in [-0.2, 0) is 22.4 Å². The van der Waals surface area contributed by atoms with Crippen LogP contribution in [0, 0.1) is 23.7 Å². The summed E-state index contributed by atoms with van der Waals surface area (Å²) in [5.41, 5.74) is 6.96. The minimum atomic E-state index is -1.18. The van der Waals surface area contributed by atoms with E-state index in [0.717, 1.165) is 42.5 Å². The molecule has 138 valence electrons. The van der Waals surface area contributed by atoms with Gasteiger partial charge in [0.25, 0.3) is 5.91 Å². The van der Waals surface area contributed by atoms with Gasteiger partial charge in [0.1, 0.15) is 5.00 Å². The van der Waals surface area contributed by atoms with Gasteiger partial charge < -0.3 is 21.0 Å². The summed E-state index contributed by atoms with van der Waals surface area (Å²) < 4.78 is 0. The molecule has 26 heavy (non-hydrogen) atoms. The summed E-state index contributed by atoms with van der Waals surface area (Å²) in [6, 6.07) is 0. The predicted octanol–water partition coefficient (Wildman–Crippen LogP) is 1.24. The molecule has 0 aliphatic heterocycles. The fourth-order valence-electron chi connectivity index (χ4n) is 4.79. The molecule has 1 aromatic heterocycles. The number of primary amides is 1. The van der Waals surface area contributed by atoms with Gasteiger partial charge in [0.05, 0.1) is 11.5 Å². The summed E-state index contributed by atoms with van der Waals surface area (Å²) >= 11 is 1.41. The van der Waals surface area contributed by atoms with Gasteiger partial charge in [-0.05, 0) is 49.5 Å². The van der Waals surface area contributed by atoms with Gasteiger partial charge in [0, 0.05) is 16.8 Å². The van der Waals surface area contributed by atoms with Crippen LogP contribution in [0.4, 0.5) is 5.00 Å². The van der Waals surface area contributed by atoms with Gasteiger partial charge in [-0.1, -0.05) is 18.6 Å².